The number of nitrogens with one attached hydrogen (secondary N) is 1. The summed E-state index contributed by atoms with van der Waals surface area (Å²) in [5, 5.41) is 11.0. The first-order valence-electron chi connectivity index (χ1n) is 8.98. The minimum Gasteiger partial charge on any atom is -0.323 e. The SMILES string of the molecule is C[C@]1(CCc2ccccc2)NC(=O)N(Cn2nnc3ccccc3c2=O)C1=O. The zero-order chi connectivity index (χ0) is 19.7. The fourth-order valence-corrected chi connectivity index (χ4v) is 3.33. The Hall–Kier alpha value is -3.55. The van der Waals surface area contributed by atoms with Gasteiger partial charge < -0.3 is 5.32 Å². The monoisotopic (exact) mass is 377 g/mol. The first kappa shape index (κ1) is 17.8. The highest BCUT2D eigenvalue weighted by Crippen LogP contribution is 2.23. The van der Waals surface area contributed by atoms with Gasteiger partial charge >= 0.3 is 6.03 Å². The average Bonchev–Trinajstić information content (AvgIpc) is 2.93. The highest BCUT2D eigenvalue weighted by Gasteiger charge is 2.47. The van der Waals surface area contributed by atoms with Gasteiger partial charge in [-0.05, 0) is 37.5 Å². The highest BCUT2D eigenvalue weighted by molar-refractivity contribution is 6.06. The summed E-state index contributed by atoms with van der Waals surface area (Å²) in [6.45, 7) is 1.42. The molecule has 142 valence electrons. The lowest BCUT2D eigenvalue weighted by molar-refractivity contribution is -0.132. The summed E-state index contributed by atoms with van der Waals surface area (Å²) in [6.07, 6.45) is 1.10. The van der Waals surface area contributed by atoms with Crippen LogP contribution in [0.5, 0.6) is 0 Å². The van der Waals surface area contributed by atoms with Crippen LogP contribution in [0.2, 0.25) is 0 Å². The molecule has 28 heavy (non-hydrogen) atoms. The largest absolute Gasteiger partial charge is 0.326 e. The van der Waals surface area contributed by atoms with E-state index in [1.54, 1.807) is 31.2 Å². The Balaban J connectivity index is 1.54. The number of carbonyl (C=O) groups is 2. The van der Waals surface area contributed by atoms with Crippen LogP contribution in [-0.2, 0) is 17.9 Å². The summed E-state index contributed by atoms with van der Waals surface area (Å²) >= 11 is 0. The van der Waals surface area contributed by atoms with E-state index in [9.17, 15) is 14.4 Å². The number of aryl methyl sites for hydroxylation is 1. The van der Waals surface area contributed by atoms with E-state index in [4.69, 9.17) is 0 Å². The van der Waals surface area contributed by atoms with Gasteiger partial charge in [-0.1, -0.05) is 47.7 Å². The van der Waals surface area contributed by atoms with Crippen LogP contribution in [-0.4, -0.2) is 37.4 Å². The van der Waals surface area contributed by atoms with Gasteiger partial charge in [-0.3, -0.25) is 9.59 Å². The standard InChI is InChI=1S/C20H19N5O3/c1-20(12-11-14-7-3-2-4-8-14)18(27)24(19(28)21-20)13-25-17(26)15-9-5-6-10-16(15)22-23-25/h2-10H,11-13H2,1H3,(H,21,28)/t20-/m1/s1. The van der Waals surface area contributed by atoms with Gasteiger partial charge in [-0.25, -0.2) is 9.69 Å². The Bertz CT molecular complexity index is 1110. The number of nitrogens with zero attached hydrogens (tertiary/aromatic N) is 4. The number of carbonyl (C=O) groups excluding carboxylic acids is 2. The molecule has 0 unspecified atom stereocenters. The van der Waals surface area contributed by atoms with Gasteiger partial charge in [-0.15, -0.1) is 5.10 Å². The van der Waals surface area contributed by atoms with Crippen LogP contribution >= 0.6 is 0 Å². The molecular formula is C20H19N5O3. The second-order valence-electron chi connectivity index (χ2n) is 7.03. The molecule has 3 amide bonds. The first-order chi connectivity index (χ1) is 13.5. The van der Waals surface area contributed by atoms with E-state index in [2.05, 4.69) is 15.6 Å². The highest BCUT2D eigenvalue weighted by atomic mass is 16.2. The van der Waals surface area contributed by atoms with Crippen molar-refractivity contribution in [2.45, 2.75) is 32.0 Å². The Morgan fingerprint density at radius 2 is 1.71 bits per heavy atom. The molecule has 1 fully saturated rings. The molecule has 1 aliphatic heterocycles. The molecular weight excluding hydrogens is 358 g/mol. The van der Waals surface area contributed by atoms with Crippen molar-refractivity contribution >= 4 is 22.8 Å². The molecule has 0 spiro atoms. The Labute approximate surface area is 160 Å². The van der Waals surface area contributed by atoms with Crippen molar-refractivity contribution in [2.75, 3.05) is 0 Å². The fraction of sp³-hybridized carbons (Fsp3) is 0.250. The molecule has 3 aromatic rings. The van der Waals surface area contributed by atoms with Crippen molar-refractivity contribution in [2.24, 2.45) is 0 Å². The van der Waals surface area contributed by atoms with Crippen molar-refractivity contribution in [1.29, 1.82) is 0 Å². The van der Waals surface area contributed by atoms with Crippen molar-refractivity contribution in [3.8, 4) is 0 Å². The molecule has 2 aromatic carbocycles. The molecule has 0 aliphatic carbocycles. The second-order valence-corrected chi connectivity index (χ2v) is 7.03. The van der Waals surface area contributed by atoms with Crippen LogP contribution < -0.4 is 10.9 Å². The van der Waals surface area contributed by atoms with E-state index in [0.29, 0.717) is 23.7 Å². The zero-order valence-corrected chi connectivity index (χ0v) is 15.3. The lowest BCUT2D eigenvalue weighted by Crippen LogP contribution is -2.44. The lowest BCUT2D eigenvalue weighted by Gasteiger charge is -2.21. The topological polar surface area (TPSA) is 97.2 Å². The average molecular weight is 377 g/mol. The summed E-state index contributed by atoms with van der Waals surface area (Å²) in [5.74, 6) is -0.379. The number of urea groups is 1. The molecule has 1 aliphatic rings. The predicted octanol–water partition coefficient (Wildman–Crippen LogP) is 1.69. The van der Waals surface area contributed by atoms with Gasteiger partial charge in [0.15, 0.2) is 0 Å². The quantitative estimate of drug-likeness (QED) is 0.683. The van der Waals surface area contributed by atoms with E-state index in [1.165, 1.54) is 0 Å². The molecule has 0 radical (unpaired) electrons. The molecule has 1 atom stereocenters. The summed E-state index contributed by atoms with van der Waals surface area (Å²) in [6, 6.07) is 16.0. The molecule has 0 saturated carbocycles. The van der Waals surface area contributed by atoms with Crippen molar-refractivity contribution in [3.05, 3.63) is 70.5 Å². The minimum atomic E-state index is -1.03. The fourth-order valence-electron chi connectivity index (χ4n) is 3.33. The maximum absolute atomic E-state index is 12.9. The number of imide groups is 1. The third-order valence-corrected chi connectivity index (χ3v) is 5.01. The Morgan fingerprint density at radius 1 is 1.00 bits per heavy atom. The lowest BCUT2D eigenvalue weighted by atomic mass is 9.93. The van der Waals surface area contributed by atoms with Gasteiger partial charge in [-0.2, -0.15) is 4.68 Å². The van der Waals surface area contributed by atoms with Gasteiger partial charge in [0.1, 0.15) is 17.7 Å². The Kier molecular flexibility index (Phi) is 4.38. The van der Waals surface area contributed by atoms with E-state index < -0.39 is 17.1 Å². The van der Waals surface area contributed by atoms with Crippen LogP contribution in [0.3, 0.4) is 0 Å². The molecule has 8 nitrogen and oxygen atoms in total. The zero-order valence-electron chi connectivity index (χ0n) is 15.3. The predicted molar refractivity (Wildman–Crippen MR) is 102 cm³/mol. The van der Waals surface area contributed by atoms with Gasteiger partial charge in [0, 0.05) is 0 Å². The van der Waals surface area contributed by atoms with E-state index in [0.717, 1.165) is 15.1 Å². The maximum atomic E-state index is 12.9. The Morgan fingerprint density at radius 3 is 2.50 bits per heavy atom. The molecule has 0 bridgehead atoms. The number of hydrogen-bond acceptors (Lipinski definition) is 5. The van der Waals surface area contributed by atoms with Crippen molar-refractivity contribution < 1.29 is 9.59 Å². The van der Waals surface area contributed by atoms with E-state index in [1.807, 2.05) is 30.3 Å². The van der Waals surface area contributed by atoms with Crippen molar-refractivity contribution in [3.63, 3.8) is 0 Å². The third-order valence-electron chi connectivity index (χ3n) is 5.01. The van der Waals surface area contributed by atoms with E-state index in [-0.39, 0.29) is 12.6 Å². The molecule has 1 aromatic heterocycles. The normalized spacial score (nSPS) is 19.2. The number of rotatable bonds is 5. The maximum Gasteiger partial charge on any atom is 0.326 e. The molecule has 1 saturated heterocycles. The van der Waals surface area contributed by atoms with Crippen LogP contribution in [0.15, 0.2) is 59.4 Å². The summed E-state index contributed by atoms with van der Waals surface area (Å²) < 4.78 is 1.03. The summed E-state index contributed by atoms with van der Waals surface area (Å²) in [4.78, 5) is 38.9. The van der Waals surface area contributed by atoms with Crippen LogP contribution in [0, 0.1) is 0 Å². The minimum absolute atomic E-state index is 0.276. The number of hydrogen-bond donors (Lipinski definition) is 1. The number of amides is 3. The molecule has 1 N–H and O–H groups in total. The van der Waals surface area contributed by atoms with Crippen LogP contribution in [0.4, 0.5) is 4.79 Å². The van der Waals surface area contributed by atoms with Crippen LogP contribution in [0.25, 0.3) is 10.9 Å². The van der Waals surface area contributed by atoms with Gasteiger partial charge in [0.2, 0.25) is 0 Å². The summed E-state index contributed by atoms with van der Waals surface area (Å²) in [7, 11) is 0. The van der Waals surface area contributed by atoms with E-state index >= 15 is 0 Å². The number of aromatic nitrogens is 3. The molecule has 8 heteroatoms. The second kappa shape index (κ2) is 6.88. The first-order valence-corrected chi connectivity index (χ1v) is 8.98. The summed E-state index contributed by atoms with van der Waals surface area (Å²) in [5.41, 5.74) is 0.124. The molecule has 2 heterocycles. The van der Waals surface area contributed by atoms with Crippen molar-refractivity contribution in [1.82, 2.24) is 25.2 Å². The third kappa shape index (κ3) is 3.13. The van der Waals surface area contributed by atoms with Gasteiger partial charge in [0.05, 0.1) is 5.39 Å². The number of benzene rings is 2. The smallest absolute Gasteiger partial charge is 0.323 e. The van der Waals surface area contributed by atoms with Crippen LogP contribution in [0.1, 0.15) is 18.9 Å². The molecule has 4 rings (SSSR count). The number of fused-ring (bicyclic) bond motifs is 1. The van der Waals surface area contributed by atoms with Gasteiger partial charge in [0.25, 0.3) is 11.5 Å².